The van der Waals surface area contributed by atoms with Crippen molar-refractivity contribution < 1.29 is 18.8 Å². The zero-order valence-corrected chi connectivity index (χ0v) is 26.5. The van der Waals surface area contributed by atoms with E-state index in [1.165, 1.54) is 6.07 Å². The maximum atomic E-state index is 15.0. The van der Waals surface area contributed by atoms with Crippen LogP contribution in [0.1, 0.15) is 66.0 Å². The lowest BCUT2D eigenvalue weighted by molar-refractivity contribution is 0.0706. The van der Waals surface area contributed by atoms with Crippen LogP contribution in [0, 0.1) is 18.6 Å². The third-order valence-electron chi connectivity index (χ3n) is 8.27. The fourth-order valence-electron chi connectivity index (χ4n) is 6.03. The Hall–Kier alpha value is -4.52. The number of nitrogens with zero attached hydrogens (tertiary/aromatic N) is 6. The van der Waals surface area contributed by atoms with Gasteiger partial charge in [-0.15, -0.1) is 12.4 Å². The number of likely N-dealkylation sites (tertiary alicyclic amines) is 1. The molecule has 3 aromatic heterocycles. The van der Waals surface area contributed by atoms with Gasteiger partial charge in [-0.25, -0.2) is 34.2 Å². The summed E-state index contributed by atoms with van der Waals surface area (Å²) in [6.07, 6.45) is 4.89. The monoisotopic (exact) mass is 648 g/mol. The number of rotatable bonds is 8. The van der Waals surface area contributed by atoms with E-state index in [1.54, 1.807) is 23.7 Å². The van der Waals surface area contributed by atoms with E-state index in [4.69, 9.17) is 5.21 Å². The first-order chi connectivity index (χ1) is 21.7. The first-order valence-corrected chi connectivity index (χ1v) is 14.9. The fourth-order valence-corrected chi connectivity index (χ4v) is 6.03. The van der Waals surface area contributed by atoms with Crippen LogP contribution in [0.25, 0.3) is 22.3 Å². The maximum absolute atomic E-state index is 15.0. The molecule has 240 valence electrons. The van der Waals surface area contributed by atoms with Crippen molar-refractivity contribution in [3.8, 4) is 11.3 Å². The van der Waals surface area contributed by atoms with Gasteiger partial charge in [0.25, 0.3) is 5.91 Å². The second kappa shape index (κ2) is 13.9. The van der Waals surface area contributed by atoms with Crippen LogP contribution < -0.4 is 10.8 Å². The van der Waals surface area contributed by atoms with E-state index >= 15 is 4.39 Å². The smallest absolute Gasteiger partial charge is 0.274 e. The van der Waals surface area contributed by atoms with Gasteiger partial charge in [-0.3, -0.25) is 14.9 Å². The Kier molecular flexibility index (Phi) is 9.90. The van der Waals surface area contributed by atoms with Crippen molar-refractivity contribution in [2.75, 3.05) is 18.4 Å². The Labute approximate surface area is 271 Å². The number of anilines is 2. The molecule has 3 N–H and O–H groups in total. The van der Waals surface area contributed by atoms with Gasteiger partial charge < -0.3 is 9.88 Å². The lowest BCUT2D eigenvalue weighted by atomic mass is 9.90. The molecular formula is C33H35ClF2N8O2. The lowest BCUT2D eigenvalue weighted by Gasteiger charge is -2.32. The molecule has 2 aromatic carbocycles. The van der Waals surface area contributed by atoms with Gasteiger partial charge in [-0.05, 0) is 94.1 Å². The number of hydrogen-bond acceptors (Lipinski definition) is 8. The van der Waals surface area contributed by atoms with Crippen LogP contribution in [0.2, 0.25) is 0 Å². The Morgan fingerprint density at radius 1 is 1.00 bits per heavy atom. The van der Waals surface area contributed by atoms with Gasteiger partial charge in [0.2, 0.25) is 5.95 Å². The van der Waals surface area contributed by atoms with Crippen molar-refractivity contribution in [3.63, 3.8) is 0 Å². The number of hydroxylamine groups is 1. The minimum absolute atomic E-state index is 0. The molecule has 1 fully saturated rings. The average Bonchev–Trinajstić information content (AvgIpc) is 3.39. The quantitative estimate of drug-likeness (QED) is 0.125. The predicted octanol–water partition coefficient (Wildman–Crippen LogP) is 6.72. The molecule has 5 aromatic rings. The van der Waals surface area contributed by atoms with Crippen LogP contribution in [0.4, 0.5) is 20.5 Å². The van der Waals surface area contributed by atoms with Crippen molar-refractivity contribution >= 4 is 41.1 Å². The summed E-state index contributed by atoms with van der Waals surface area (Å²) in [5, 5.41) is 11.8. The Morgan fingerprint density at radius 2 is 1.74 bits per heavy atom. The summed E-state index contributed by atoms with van der Waals surface area (Å²) in [6, 6.07) is 14.1. The number of imidazole rings is 1. The molecule has 0 aliphatic carbocycles. The van der Waals surface area contributed by atoms with Gasteiger partial charge in [0.1, 0.15) is 22.9 Å². The van der Waals surface area contributed by atoms with E-state index in [2.05, 4.69) is 30.2 Å². The Balaban J connectivity index is 0.00000417. The van der Waals surface area contributed by atoms with E-state index in [1.807, 2.05) is 55.8 Å². The SMILES string of the molecule is Cc1nc2c(F)cc(-c3nc(Nc4ccc(C5CCN(Cc6ccc(C(=O)NO)cc6)CC5)cn4)ncc3F)cc2n1C(C)C.Cl. The van der Waals surface area contributed by atoms with Gasteiger partial charge in [0.05, 0.1) is 11.7 Å². The van der Waals surface area contributed by atoms with E-state index in [0.29, 0.717) is 34.2 Å². The number of halogens is 3. The summed E-state index contributed by atoms with van der Waals surface area (Å²) in [4.78, 5) is 31.3. The number of benzene rings is 2. The molecule has 13 heteroatoms. The molecule has 1 amide bonds. The zero-order chi connectivity index (χ0) is 31.7. The minimum atomic E-state index is -0.660. The molecule has 0 spiro atoms. The fraction of sp³-hybridized carbons (Fsp3) is 0.303. The number of aromatic nitrogens is 5. The summed E-state index contributed by atoms with van der Waals surface area (Å²) in [6.45, 7) is 8.44. The van der Waals surface area contributed by atoms with Gasteiger partial charge in [0.15, 0.2) is 11.6 Å². The van der Waals surface area contributed by atoms with Crippen molar-refractivity contribution in [2.24, 2.45) is 0 Å². The van der Waals surface area contributed by atoms with Crippen molar-refractivity contribution in [2.45, 2.75) is 52.1 Å². The Bertz CT molecular complexity index is 1840. The lowest BCUT2D eigenvalue weighted by Crippen LogP contribution is -2.32. The van der Waals surface area contributed by atoms with Crippen molar-refractivity contribution in [3.05, 3.63) is 95.1 Å². The van der Waals surface area contributed by atoms with Crippen LogP contribution in [0.5, 0.6) is 0 Å². The summed E-state index contributed by atoms with van der Waals surface area (Å²) < 4.78 is 31.9. The van der Waals surface area contributed by atoms with Crippen LogP contribution >= 0.6 is 12.4 Å². The highest BCUT2D eigenvalue weighted by Gasteiger charge is 2.22. The predicted molar refractivity (Wildman–Crippen MR) is 174 cm³/mol. The molecule has 46 heavy (non-hydrogen) atoms. The highest BCUT2D eigenvalue weighted by atomic mass is 35.5. The highest BCUT2D eigenvalue weighted by Crippen LogP contribution is 2.31. The molecule has 0 saturated carbocycles. The first-order valence-electron chi connectivity index (χ1n) is 14.9. The topological polar surface area (TPSA) is 121 Å². The average molecular weight is 649 g/mol. The molecule has 0 bridgehead atoms. The first kappa shape index (κ1) is 32.9. The molecular weight excluding hydrogens is 614 g/mol. The van der Waals surface area contributed by atoms with Crippen LogP contribution in [-0.2, 0) is 6.54 Å². The normalized spacial score (nSPS) is 14.0. The maximum Gasteiger partial charge on any atom is 0.274 e. The summed E-state index contributed by atoms with van der Waals surface area (Å²) in [7, 11) is 0. The number of carbonyl (C=O) groups excluding carboxylic acids is 1. The van der Waals surface area contributed by atoms with Crippen molar-refractivity contribution in [1.29, 1.82) is 0 Å². The summed E-state index contributed by atoms with van der Waals surface area (Å²) in [5.74, 6) is 0.000794. The number of hydrogen-bond donors (Lipinski definition) is 3. The van der Waals surface area contributed by atoms with Crippen molar-refractivity contribution in [1.82, 2.24) is 34.9 Å². The van der Waals surface area contributed by atoms with Crippen LogP contribution in [0.15, 0.2) is 60.9 Å². The Morgan fingerprint density at radius 3 is 2.39 bits per heavy atom. The summed E-state index contributed by atoms with van der Waals surface area (Å²) >= 11 is 0. The number of carbonyl (C=O) groups is 1. The largest absolute Gasteiger partial charge is 0.326 e. The molecule has 1 aliphatic rings. The second-order valence-electron chi connectivity index (χ2n) is 11.6. The molecule has 10 nitrogen and oxygen atoms in total. The molecule has 4 heterocycles. The number of pyridine rings is 1. The third-order valence-corrected chi connectivity index (χ3v) is 8.27. The van der Waals surface area contributed by atoms with Crippen LogP contribution in [0.3, 0.4) is 0 Å². The number of aryl methyl sites for hydroxylation is 1. The molecule has 1 aliphatic heterocycles. The standard InChI is InChI=1S/C33H34F2N8O2.ClH/c1-19(2)43-20(3)38-31-26(34)14-25(15-28(31)43)30-27(35)17-37-33(40-30)39-29-9-8-24(16-36-29)22-10-12-42(13-11-22)18-21-4-6-23(7-5-21)32(44)41-45;/h4-9,14-17,19,22,45H,10-13,18H2,1-3H3,(H,41,44)(H,36,37,39,40);1H. The molecule has 0 unspecified atom stereocenters. The zero-order valence-electron chi connectivity index (χ0n) is 25.7. The van der Waals surface area contributed by atoms with E-state index < -0.39 is 17.5 Å². The van der Waals surface area contributed by atoms with E-state index in [-0.39, 0.29) is 35.6 Å². The molecule has 0 radical (unpaired) electrons. The molecule has 0 atom stereocenters. The molecule has 6 rings (SSSR count). The molecule has 1 saturated heterocycles. The minimum Gasteiger partial charge on any atom is -0.326 e. The second-order valence-corrected chi connectivity index (χ2v) is 11.6. The number of nitrogens with one attached hydrogen (secondary N) is 2. The van der Waals surface area contributed by atoms with E-state index in [9.17, 15) is 9.18 Å². The third kappa shape index (κ3) is 6.84. The van der Waals surface area contributed by atoms with E-state index in [0.717, 1.165) is 49.8 Å². The highest BCUT2D eigenvalue weighted by molar-refractivity contribution is 5.93. The van der Waals surface area contributed by atoms with Gasteiger partial charge in [-0.1, -0.05) is 18.2 Å². The number of piperidine rings is 1. The number of amides is 1. The van der Waals surface area contributed by atoms with Gasteiger partial charge >= 0.3 is 0 Å². The van der Waals surface area contributed by atoms with Crippen LogP contribution in [-0.4, -0.2) is 53.6 Å². The van der Waals surface area contributed by atoms with Gasteiger partial charge in [-0.2, -0.15) is 0 Å². The van der Waals surface area contributed by atoms with Gasteiger partial charge in [0, 0.05) is 29.9 Å². The number of fused-ring (bicyclic) bond motifs is 1. The summed E-state index contributed by atoms with van der Waals surface area (Å²) in [5.41, 5.74) is 5.41.